The van der Waals surface area contributed by atoms with Crippen LogP contribution in [0.15, 0.2) is 24.5 Å². The Labute approximate surface area is 108 Å². The number of aromatic nitrogens is 3. The van der Waals surface area contributed by atoms with Crippen LogP contribution in [0.1, 0.15) is 17.5 Å². The quantitative estimate of drug-likeness (QED) is 0.846. The summed E-state index contributed by atoms with van der Waals surface area (Å²) in [5.74, 6) is -0.973. The standard InChI is InChI=1S/C12H14F2N4O/c1-18-7-16-11(17-18)6-15-5-10(19)12-8(13)3-2-4-9(12)14/h2-4,7,10,15,19H,5-6H2,1H3. The molecule has 102 valence electrons. The number of nitrogens with zero attached hydrogens (tertiary/aromatic N) is 3. The molecule has 0 saturated heterocycles. The molecule has 1 atom stereocenters. The van der Waals surface area contributed by atoms with Crippen LogP contribution in [0, 0.1) is 11.6 Å². The first-order valence-electron chi connectivity index (χ1n) is 5.75. The number of nitrogens with one attached hydrogen (secondary N) is 1. The van der Waals surface area contributed by atoms with Crippen LogP contribution in [-0.4, -0.2) is 26.4 Å². The van der Waals surface area contributed by atoms with E-state index in [-0.39, 0.29) is 12.1 Å². The Morgan fingerprint density at radius 1 is 1.37 bits per heavy atom. The molecule has 0 radical (unpaired) electrons. The third-order valence-corrected chi connectivity index (χ3v) is 2.60. The number of hydrogen-bond donors (Lipinski definition) is 2. The van der Waals surface area contributed by atoms with Crippen LogP contribution in [0.2, 0.25) is 0 Å². The second kappa shape index (κ2) is 5.85. The first-order chi connectivity index (χ1) is 9.08. The van der Waals surface area contributed by atoms with Gasteiger partial charge in [0.05, 0.1) is 18.2 Å². The van der Waals surface area contributed by atoms with Crippen molar-refractivity contribution in [1.29, 1.82) is 0 Å². The van der Waals surface area contributed by atoms with Gasteiger partial charge in [-0.25, -0.2) is 13.8 Å². The van der Waals surface area contributed by atoms with Gasteiger partial charge in [0.1, 0.15) is 18.0 Å². The van der Waals surface area contributed by atoms with E-state index in [2.05, 4.69) is 15.4 Å². The van der Waals surface area contributed by atoms with Crippen molar-refractivity contribution in [3.8, 4) is 0 Å². The lowest BCUT2D eigenvalue weighted by atomic mass is 10.1. The highest BCUT2D eigenvalue weighted by Crippen LogP contribution is 2.19. The van der Waals surface area contributed by atoms with Crippen molar-refractivity contribution < 1.29 is 13.9 Å². The summed E-state index contributed by atoms with van der Waals surface area (Å²) < 4.78 is 28.3. The Bertz CT molecular complexity index is 538. The first kappa shape index (κ1) is 13.6. The van der Waals surface area contributed by atoms with Crippen molar-refractivity contribution in [2.24, 2.45) is 7.05 Å². The van der Waals surface area contributed by atoms with E-state index < -0.39 is 17.7 Å². The lowest BCUT2D eigenvalue weighted by molar-refractivity contribution is 0.164. The maximum atomic E-state index is 13.4. The average molecular weight is 268 g/mol. The van der Waals surface area contributed by atoms with Gasteiger partial charge in [-0.2, -0.15) is 5.10 Å². The zero-order valence-electron chi connectivity index (χ0n) is 10.3. The molecule has 0 bridgehead atoms. The predicted octanol–water partition coefficient (Wildman–Crippen LogP) is 0.916. The summed E-state index contributed by atoms with van der Waals surface area (Å²) >= 11 is 0. The Morgan fingerprint density at radius 3 is 2.63 bits per heavy atom. The first-order valence-corrected chi connectivity index (χ1v) is 5.75. The van der Waals surface area contributed by atoms with Gasteiger partial charge >= 0.3 is 0 Å². The minimum absolute atomic E-state index is 0.0100. The SMILES string of the molecule is Cn1cnc(CNCC(O)c2c(F)cccc2F)n1. The average Bonchev–Trinajstić information content (AvgIpc) is 2.75. The number of halogens is 2. The van der Waals surface area contributed by atoms with Crippen molar-refractivity contribution in [2.75, 3.05) is 6.54 Å². The number of aryl methyl sites for hydroxylation is 1. The van der Waals surface area contributed by atoms with Gasteiger partial charge in [0.25, 0.3) is 0 Å². The van der Waals surface area contributed by atoms with Gasteiger partial charge in [0.2, 0.25) is 0 Å². The molecule has 1 heterocycles. The molecule has 0 aliphatic rings. The minimum Gasteiger partial charge on any atom is -0.387 e. The summed E-state index contributed by atoms with van der Waals surface area (Å²) in [5, 5.41) is 16.7. The van der Waals surface area contributed by atoms with E-state index in [0.29, 0.717) is 12.4 Å². The van der Waals surface area contributed by atoms with Crippen molar-refractivity contribution in [2.45, 2.75) is 12.6 Å². The van der Waals surface area contributed by atoms with Crippen LogP contribution in [0.3, 0.4) is 0 Å². The second-order valence-corrected chi connectivity index (χ2v) is 4.12. The Kier molecular flexibility index (Phi) is 4.18. The van der Waals surface area contributed by atoms with Gasteiger partial charge < -0.3 is 10.4 Å². The van der Waals surface area contributed by atoms with Crippen molar-refractivity contribution >= 4 is 0 Å². The van der Waals surface area contributed by atoms with E-state index in [1.165, 1.54) is 6.07 Å². The highest BCUT2D eigenvalue weighted by Gasteiger charge is 2.17. The minimum atomic E-state index is -1.26. The number of hydrogen-bond acceptors (Lipinski definition) is 4. The van der Waals surface area contributed by atoms with E-state index in [9.17, 15) is 13.9 Å². The zero-order chi connectivity index (χ0) is 13.8. The number of rotatable bonds is 5. The third kappa shape index (κ3) is 3.33. The molecular weight excluding hydrogens is 254 g/mol. The van der Waals surface area contributed by atoms with Gasteiger partial charge in [0.15, 0.2) is 5.82 Å². The Balaban J connectivity index is 1.92. The van der Waals surface area contributed by atoms with Crippen molar-refractivity contribution in [3.05, 3.63) is 47.5 Å². The van der Waals surface area contributed by atoms with Crippen LogP contribution < -0.4 is 5.32 Å². The predicted molar refractivity (Wildman–Crippen MR) is 64.0 cm³/mol. The molecule has 19 heavy (non-hydrogen) atoms. The summed E-state index contributed by atoms with van der Waals surface area (Å²) in [6.07, 6.45) is 0.286. The molecule has 0 aliphatic heterocycles. The molecule has 1 aromatic carbocycles. The highest BCUT2D eigenvalue weighted by atomic mass is 19.1. The molecule has 1 unspecified atom stereocenters. The van der Waals surface area contributed by atoms with E-state index in [1.54, 1.807) is 18.1 Å². The smallest absolute Gasteiger partial charge is 0.164 e. The number of aliphatic hydroxyl groups is 1. The lowest BCUT2D eigenvalue weighted by Crippen LogP contribution is -2.23. The summed E-state index contributed by atoms with van der Waals surface area (Å²) in [7, 11) is 1.74. The molecule has 0 spiro atoms. The summed E-state index contributed by atoms with van der Waals surface area (Å²) in [6.45, 7) is 0.323. The monoisotopic (exact) mass is 268 g/mol. The molecule has 0 saturated carbocycles. The molecular formula is C12H14F2N4O. The van der Waals surface area contributed by atoms with Crippen LogP contribution in [0.4, 0.5) is 8.78 Å². The van der Waals surface area contributed by atoms with Crippen LogP contribution in [0.5, 0.6) is 0 Å². The number of benzene rings is 1. The summed E-state index contributed by atoms with van der Waals surface area (Å²) in [5.41, 5.74) is -0.330. The molecule has 0 fully saturated rings. The fourth-order valence-corrected chi connectivity index (χ4v) is 1.72. The molecule has 1 aromatic heterocycles. The van der Waals surface area contributed by atoms with Gasteiger partial charge in [-0.3, -0.25) is 4.68 Å². The fourth-order valence-electron chi connectivity index (χ4n) is 1.72. The van der Waals surface area contributed by atoms with Crippen LogP contribution in [-0.2, 0) is 13.6 Å². The molecule has 5 nitrogen and oxygen atoms in total. The fraction of sp³-hybridized carbons (Fsp3) is 0.333. The van der Waals surface area contributed by atoms with Crippen LogP contribution in [0.25, 0.3) is 0 Å². The molecule has 2 N–H and O–H groups in total. The van der Waals surface area contributed by atoms with E-state index in [1.807, 2.05) is 0 Å². The Morgan fingerprint density at radius 2 is 2.05 bits per heavy atom. The van der Waals surface area contributed by atoms with Crippen molar-refractivity contribution in [3.63, 3.8) is 0 Å². The molecule has 7 heteroatoms. The normalized spacial score (nSPS) is 12.6. The van der Waals surface area contributed by atoms with Crippen molar-refractivity contribution in [1.82, 2.24) is 20.1 Å². The largest absolute Gasteiger partial charge is 0.387 e. The number of aliphatic hydroxyl groups excluding tert-OH is 1. The molecule has 0 aliphatic carbocycles. The van der Waals surface area contributed by atoms with Gasteiger partial charge in [-0.1, -0.05) is 6.07 Å². The lowest BCUT2D eigenvalue weighted by Gasteiger charge is -2.13. The molecule has 0 amide bonds. The second-order valence-electron chi connectivity index (χ2n) is 4.12. The van der Waals surface area contributed by atoms with E-state index in [4.69, 9.17) is 0 Å². The van der Waals surface area contributed by atoms with Gasteiger partial charge in [0, 0.05) is 13.6 Å². The maximum Gasteiger partial charge on any atom is 0.164 e. The maximum absolute atomic E-state index is 13.4. The van der Waals surface area contributed by atoms with Gasteiger partial charge in [-0.15, -0.1) is 0 Å². The Hall–Kier alpha value is -1.86. The summed E-state index contributed by atoms with van der Waals surface area (Å²) in [4.78, 5) is 3.98. The zero-order valence-corrected chi connectivity index (χ0v) is 10.3. The third-order valence-electron chi connectivity index (χ3n) is 2.60. The van der Waals surface area contributed by atoms with E-state index in [0.717, 1.165) is 12.1 Å². The van der Waals surface area contributed by atoms with Gasteiger partial charge in [-0.05, 0) is 12.1 Å². The summed E-state index contributed by atoms with van der Waals surface area (Å²) in [6, 6.07) is 3.48. The molecule has 2 aromatic rings. The van der Waals surface area contributed by atoms with Crippen LogP contribution >= 0.6 is 0 Å². The van der Waals surface area contributed by atoms with E-state index >= 15 is 0 Å². The topological polar surface area (TPSA) is 63.0 Å². The molecule has 2 rings (SSSR count). The highest BCUT2D eigenvalue weighted by molar-refractivity contribution is 5.22.